The van der Waals surface area contributed by atoms with Crippen molar-refractivity contribution in [3.63, 3.8) is 0 Å². The second kappa shape index (κ2) is 8.50. The number of aromatic carboxylic acids is 1. The van der Waals surface area contributed by atoms with Crippen molar-refractivity contribution in [3.05, 3.63) is 95.6 Å². The average molecular weight is 375 g/mol. The Bertz CT molecular complexity index is 985. The van der Waals surface area contributed by atoms with Crippen LogP contribution in [0.5, 0.6) is 0 Å². The Labute approximate surface area is 163 Å². The molecule has 0 radical (unpaired) electrons. The van der Waals surface area contributed by atoms with E-state index < -0.39 is 24.1 Å². The van der Waals surface area contributed by atoms with Gasteiger partial charge in [-0.15, -0.1) is 0 Å². The van der Waals surface area contributed by atoms with Crippen molar-refractivity contribution >= 4 is 11.9 Å². The summed E-state index contributed by atoms with van der Waals surface area (Å²) in [6.07, 6.45) is -0.446. The van der Waals surface area contributed by atoms with Gasteiger partial charge in [-0.1, -0.05) is 72.8 Å². The number of carbonyl (C=O) groups excluding carboxylic acids is 1. The van der Waals surface area contributed by atoms with E-state index in [4.69, 9.17) is 10.5 Å². The van der Waals surface area contributed by atoms with E-state index in [0.717, 1.165) is 5.56 Å². The summed E-state index contributed by atoms with van der Waals surface area (Å²) in [5.41, 5.74) is 8.84. The third kappa shape index (κ3) is 4.10. The van der Waals surface area contributed by atoms with E-state index in [1.165, 1.54) is 6.07 Å². The van der Waals surface area contributed by atoms with Crippen LogP contribution in [0.1, 0.15) is 40.6 Å². The molecular weight excluding hydrogens is 354 g/mol. The molecule has 0 aliphatic carbocycles. The van der Waals surface area contributed by atoms with E-state index in [2.05, 4.69) is 0 Å². The van der Waals surface area contributed by atoms with Crippen molar-refractivity contribution in [2.45, 2.75) is 19.1 Å². The van der Waals surface area contributed by atoms with E-state index in [0.29, 0.717) is 16.7 Å². The molecular formula is C23H21NO4. The van der Waals surface area contributed by atoms with Crippen LogP contribution in [-0.2, 0) is 9.53 Å². The number of hydrogen-bond donors (Lipinski definition) is 2. The number of ether oxygens (including phenoxy) is 1. The molecule has 0 aromatic heterocycles. The highest BCUT2D eigenvalue weighted by molar-refractivity contribution is 5.97. The van der Waals surface area contributed by atoms with E-state index >= 15 is 0 Å². The van der Waals surface area contributed by atoms with Gasteiger partial charge in [-0.05, 0) is 35.2 Å². The van der Waals surface area contributed by atoms with Gasteiger partial charge in [0.1, 0.15) is 12.1 Å². The molecule has 3 rings (SSSR count). The van der Waals surface area contributed by atoms with Crippen LogP contribution in [0.15, 0.2) is 78.9 Å². The van der Waals surface area contributed by atoms with Crippen LogP contribution in [0.4, 0.5) is 0 Å². The summed E-state index contributed by atoms with van der Waals surface area (Å²) in [7, 11) is 0. The van der Waals surface area contributed by atoms with Crippen molar-refractivity contribution < 1.29 is 19.4 Å². The Morgan fingerprint density at radius 3 is 2.11 bits per heavy atom. The lowest BCUT2D eigenvalue weighted by atomic mass is 9.92. The number of hydrogen-bond acceptors (Lipinski definition) is 4. The Kier molecular flexibility index (Phi) is 5.87. The fourth-order valence-electron chi connectivity index (χ4n) is 3.08. The largest absolute Gasteiger partial charge is 0.478 e. The van der Waals surface area contributed by atoms with Crippen LogP contribution < -0.4 is 5.73 Å². The van der Waals surface area contributed by atoms with Crippen LogP contribution in [0.2, 0.25) is 0 Å². The lowest BCUT2D eigenvalue weighted by molar-refractivity contribution is -0.150. The normalized spacial score (nSPS) is 12.8. The van der Waals surface area contributed by atoms with Crippen LogP contribution in [0.25, 0.3) is 11.1 Å². The predicted octanol–water partition coefficient (Wildman–Crippen LogP) is 4.36. The molecule has 0 amide bonds. The number of carbonyl (C=O) groups is 2. The minimum Gasteiger partial charge on any atom is -0.478 e. The number of nitrogens with two attached hydrogens (primary N) is 1. The summed E-state index contributed by atoms with van der Waals surface area (Å²) in [5, 5.41) is 9.49. The van der Waals surface area contributed by atoms with Gasteiger partial charge in [0.05, 0.1) is 5.56 Å². The van der Waals surface area contributed by atoms with Crippen molar-refractivity contribution in [3.8, 4) is 11.1 Å². The van der Waals surface area contributed by atoms with Gasteiger partial charge in [-0.3, -0.25) is 0 Å². The Hall–Kier alpha value is -3.44. The van der Waals surface area contributed by atoms with Crippen LogP contribution in [0, 0.1) is 0 Å². The smallest absolute Gasteiger partial charge is 0.336 e. The summed E-state index contributed by atoms with van der Waals surface area (Å²) in [4.78, 5) is 24.3. The zero-order valence-electron chi connectivity index (χ0n) is 15.4. The monoisotopic (exact) mass is 375 g/mol. The topological polar surface area (TPSA) is 89.6 Å². The maximum Gasteiger partial charge on any atom is 0.336 e. The van der Waals surface area contributed by atoms with Crippen molar-refractivity contribution in [2.24, 2.45) is 5.73 Å². The molecule has 0 saturated heterocycles. The third-order valence-electron chi connectivity index (χ3n) is 4.56. The molecule has 5 nitrogen and oxygen atoms in total. The van der Waals surface area contributed by atoms with Crippen LogP contribution >= 0.6 is 0 Å². The quantitative estimate of drug-likeness (QED) is 0.625. The molecule has 0 aliphatic rings. The standard InChI is InChI=1S/C23H21NO4/c1-15(16-9-3-2-4-10-16)28-23(27)21(24)19-13-7-5-11-17(19)18-12-6-8-14-20(18)22(25)26/h2-15,21H,24H2,1H3,(H,25,26)/t15-,21?/m0/s1. The number of benzene rings is 3. The predicted molar refractivity (Wildman–Crippen MR) is 107 cm³/mol. The average Bonchev–Trinajstić information content (AvgIpc) is 2.73. The number of carboxylic acids is 1. The van der Waals surface area contributed by atoms with Crippen LogP contribution in [-0.4, -0.2) is 17.0 Å². The van der Waals surface area contributed by atoms with Gasteiger partial charge >= 0.3 is 11.9 Å². The summed E-state index contributed by atoms with van der Waals surface area (Å²) in [6, 6.07) is 22.0. The number of esters is 1. The SMILES string of the molecule is C[C@H](OC(=O)C(N)c1ccccc1-c1ccccc1C(=O)O)c1ccccc1. The molecule has 0 spiro atoms. The second-order valence-electron chi connectivity index (χ2n) is 6.41. The van der Waals surface area contributed by atoms with E-state index in [-0.39, 0.29) is 5.56 Å². The molecule has 3 aromatic rings. The first-order valence-electron chi connectivity index (χ1n) is 8.91. The van der Waals surface area contributed by atoms with E-state index in [1.807, 2.05) is 30.3 Å². The molecule has 0 heterocycles. The maximum absolute atomic E-state index is 12.7. The van der Waals surface area contributed by atoms with Gasteiger partial charge < -0.3 is 15.6 Å². The van der Waals surface area contributed by atoms with E-state index in [9.17, 15) is 14.7 Å². The molecule has 0 bridgehead atoms. The third-order valence-corrected chi connectivity index (χ3v) is 4.56. The van der Waals surface area contributed by atoms with Gasteiger partial charge in [-0.25, -0.2) is 9.59 Å². The van der Waals surface area contributed by atoms with E-state index in [1.54, 1.807) is 49.4 Å². The van der Waals surface area contributed by atoms with Gasteiger partial charge in [0.25, 0.3) is 0 Å². The summed E-state index contributed by atoms with van der Waals surface area (Å²) < 4.78 is 5.54. The van der Waals surface area contributed by atoms with Gasteiger partial charge in [-0.2, -0.15) is 0 Å². The zero-order valence-corrected chi connectivity index (χ0v) is 15.4. The number of rotatable bonds is 6. The van der Waals surface area contributed by atoms with Crippen LogP contribution in [0.3, 0.4) is 0 Å². The first kappa shape index (κ1) is 19.3. The van der Waals surface area contributed by atoms with Crippen molar-refractivity contribution in [1.29, 1.82) is 0 Å². The molecule has 5 heteroatoms. The fourth-order valence-corrected chi connectivity index (χ4v) is 3.08. The van der Waals surface area contributed by atoms with Crippen molar-refractivity contribution in [2.75, 3.05) is 0 Å². The molecule has 28 heavy (non-hydrogen) atoms. The minimum absolute atomic E-state index is 0.146. The summed E-state index contributed by atoms with van der Waals surface area (Å²) >= 11 is 0. The van der Waals surface area contributed by atoms with Gasteiger partial charge in [0.15, 0.2) is 0 Å². The lowest BCUT2D eigenvalue weighted by Gasteiger charge is -2.20. The maximum atomic E-state index is 12.7. The molecule has 0 saturated carbocycles. The van der Waals surface area contributed by atoms with Gasteiger partial charge in [0, 0.05) is 0 Å². The summed E-state index contributed by atoms with van der Waals surface area (Å²) in [5.74, 6) is -1.61. The zero-order chi connectivity index (χ0) is 20.1. The number of carboxylic acid groups (broad SMARTS) is 1. The highest BCUT2D eigenvalue weighted by atomic mass is 16.5. The molecule has 142 valence electrons. The second-order valence-corrected chi connectivity index (χ2v) is 6.41. The highest BCUT2D eigenvalue weighted by Crippen LogP contribution is 2.31. The molecule has 0 aliphatic heterocycles. The molecule has 0 fully saturated rings. The highest BCUT2D eigenvalue weighted by Gasteiger charge is 2.24. The Balaban J connectivity index is 1.90. The minimum atomic E-state index is -1.04. The first-order chi connectivity index (χ1) is 13.5. The molecule has 1 unspecified atom stereocenters. The molecule has 3 N–H and O–H groups in total. The Morgan fingerprint density at radius 1 is 0.857 bits per heavy atom. The van der Waals surface area contributed by atoms with Crippen molar-refractivity contribution in [1.82, 2.24) is 0 Å². The fraction of sp³-hybridized carbons (Fsp3) is 0.130. The lowest BCUT2D eigenvalue weighted by Crippen LogP contribution is -2.25. The molecule has 3 aromatic carbocycles. The van der Waals surface area contributed by atoms with Gasteiger partial charge in [0.2, 0.25) is 0 Å². The molecule has 2 atom stereocenters. The Morgan fingerprint density at radius 2 is 1.43 bits per heavy atom. The first-order valence-corrected chi connectivity index (χ1v) is 8.91. The summed E-state index contributed by atoms with van der Waals surface area (Å²) in [6.45, 7) is 1.78.